The molecule has 1 fully saturated rings. The minimum absolute atomic E-state index is 0. The molecule has 0 bridgehead atoms. The Morgan fingerprint density at radius 2 is 1.86 bits per heavy atom. The van der Waals surface area contributed by atoms with Gasteiger partial charge in [-0.2, -0.15) is 0 Å². The Bertz CT molecular complexity index is 498. The highest BCUT2D eigenvalue weighted by Crippen LogP contribution is 2.55. The highest BCUT2D eigenvalue weighted by molar-refractivity contribution is 5.89. The van der Waals surface area contributed by atoms with Crippen LogP contribution in [0.1, 0.15) is 50.9 Å². The van der Waals surface area contributed by atoms with Gasteiger partial charge in [-0.1, -0.05) is 27.7 Å². The normalized spacial score (nSPS) is 27.0. The molecule has 0 saturated heterocycles. The van der Waals surface area contributed by atoms with Crippen LogP contribution in [0.25, 0.3) is 0 Å². The van der Waals surface area contributed by atoms with Gasteiger partial charge in [-0.3, -0.25) is 0 Å². The smallest absolute Gasteiger partial charge is 0.338 e. The van der Waals surface area contributed by atoms with Gasteiger partial charge in [0.15, 0.2) is 0 Å². The van der Waals surface area contributed by atoms with Crippen molar-refractivity contribution in [3.8, 4) is 0 Å². The van der Waals surface area contributed by atoms with Gasteiger partial charge in [-0.25, -0.2) is 4.79 Å². The van der Waals surface area contributed by atoms with Crippen LogP contribution in [0.4, 0.5) is 5.69 Å². The number of benzene rings is 1. The molecule has 3 nitrogen and oxygen atoms in total. The molecule has 118 valence electrons. The number of hydrogen-bond donors (Lipinski definition) is 1. The van der Waals surface area contributed by atoms with Gasteiger partial charge in [0.25, 0.3) is 0 Å². The van der Waals surface area contributed by atoms with E-state index in [9.17, 15) is 4.79 Å². The van der Waals surface area contributed by atoms with Crippen LogP contribution in [0.5, 0.6) is 0 Å². The van der Waals surface area contributed by atoms with Gasteiger partial charge in [0.1, 0.15) is 5.69 Å². The first kappa shape index (κ1) is 18.0. The fourth-order valence-corrected chi connectivity index (χ4v) is 3.02. The Kier molecular flexibility index (Phi) is 5.46. The zero-order valence-corrected chi connectivity index (χ0v) is 14.2. The van der Waals surface area contributed by atoms with E-state index < -0.39 is 0 Å². The molecule has 1 aliphatic rings. The number of carbonyl (C=O) groups is 1. The molecular weight excluding hydrogens is 286 g/mol. The van der Waals surface area contributed by atoms with E-state index in [0.29, 0.717) is 18.1 Å². The quantitative estimate of drug-likeness (QED) is 0.810. The molecule has 2 rings (SSSR count). The predicted octanol–water partition coefficient (Wildman–Crippen LogP) is 0.183. The molecule has 1 saturated carbocycles. The highest BCUT2D eigenvalue weighted by Gasteiger charge is 2.50. The van der Waals surface area contributed by atoms with Crippen molar-refractivity contribution >= 4 is 11.7 Å². The molecule has 4 heteroatoms. The van der Waals surface area contributed by atoms with Gasteiger partial charge >= 0.3 is 5.97 Å². The maximum atomic E-state index is 12.1. The highest BCUT2D eigenvalue weighted by atomic mass is 35.5. The Morgan fingerprint density at radius 3 is 2.33 bits per heavy atom. The SMILES string of the molecule is CC1CCC(C)(COC(=O)c2ccc([NH3+])cc2)C1(C)C.[Cl-]. The van der Waals surface area contributed by atoms with Crippen LogP contribution >= 0.6 is 0 Å². The van der Waals surface area contributed by atoms with Crippen LogP contribution in [0.3, 0.4) is 0 Å². The van der Waals surface area contributed by atoms with E-state index >= 15 is 0 Å². The lowest BCUT2D eigenvalue weighted by atomic mass is 9.66. The van der Waals surface area contributed by atoms with Gasteiger partial charge in [0.05, 0.1) is 12.2 Å². The molecule has 0 amide bonds. The van der Waals surface area contributed by atoms with E-state index in [1.54, 1.807) is 12.1 Å². The third kappa shape index (κ3) is 3.41. The maximum Gasteiger partial charge on any atom is 0.338 e. The summed E-state index contributed by atoms with van der Waals surface area (Å²) in [5.41, 5.74) is 5.58. The molecule has 0 aliphatic heterocycles. The molecule has 1 aromatic rings. The number of rotatable bonds is 3. The molecule has 0 radical (unpaired) electrons. The van der Waals surface area contributed by atoms with Crippen molar-refractivity contribution in [3.63, 3.8) is 0 Å². The van der Waals surface area contributed by atoms with Crippen LogP contribution in [0.2, 0.25) is 0 Å². The van der Waals surface area contributed by atoms with E-state index in [1.807, 2.05) is 12.1 Å². The number of ether oxygens (including phenoxy) is 1. The third-order valence-electron chi connectivity index (χ3n) is 5.63. The van der Waals surface area contributed by atoms with Gasteiger partial charge in [-0.15, -0.1) is 0 Å². The Labute approximate surface area is 133 Å². The molecule has 1 aromatic carbocycles. The largest absolute Gasteiger partial charge is 1.00 e. The van der Waals surface area contributed by atoms with E-state index in [1.165, 1.54) is 6.42 Å². The summed E-state index contributed by atoms with van der Waals surface area (Å²) in [4.78, 5) is 12.1. The number of quaternary nitrogens is 1. The lowest BCUT2D eigenvalue weighted by Gasteiger charge is -2.40. The van der Waals surface area contributed by atoms with Crippen LogP contribution in [-0.2, 0) is 4.74 Å². The second-order valence-corrected chi connectivity index (χ2v) is 7.00. The molecule has 0 heterocycles. The summed E-state index contributed by atoms with van der Waals surface area (Å²) in [5.74, 6) is 0.429. The van der Waals surface area contributed by atoms with Gasteiger partial charge in [-0.05, 0) is 48.4 Å². The minimum atomic E-state index is -0.235. The predicted molar refractivity (Wildman–Crippen MR) is 79.6 cm³/mol. The van der Waals surface area contributed by atoms with Gasteiger partial charge < -0.3 is 22.9 Å². The molecular formula is C17H26ClNO2. The second kappa shape index (κ2) is 6.37. The standard InChI is InChI=1S/C17H25NO2.ClH/c1-12-9-10-17(4,16(12,2)3)11-20-15(19)13-5-7-14(18)8-6-13;/h5-8,12H,9-11,18H2,1-4H3;1H. The molecule has 2 unspecified atom stereocenters. The topological polar surface area (TPSA) is 53.9 Å². The molecule has 3 N–H and O–H groups in total. The zero-order valence-electron chi connectivity index (χ0n) is 13.4. The first-order valence-corrected chi connectivity index (χ1v) is 7.35. The number of halogens is 1. The molecule has 21 heavy (non-hydrogen) atoms. The average Bonchev–Trinajstić information content (AvgIpc) is 2.61. The summed E-state index contributed by atoms with van der Waals surface area (Å²) >= 11 is 0. The van der Waals surface area contributed by atoms with Crippen molar-refractivity contribution in [2.24, 2.45) is 16.7 Å². The molecule has 0 spiro atoms. The van der Waals surface area contributed by atoms with Crippen LogP contribution in [0.15, 0.2) is 24.3 Å². The van der Waals surface area contributed by atoms with Crippen molar-refractivity contribution in [1.82, 2.24) is 0 Å². The van der Waals surface area contributed by atoms with Crippen molar-refractivity contribution in [2.45, 2.75) is 40.5 Å². The fourth-order valence-electron chi connectivity index (χ4n) is 3.02. The van der Waals surface area contributed by atoms with Crippen LogP contribution in [0, 0.1) is 16.7 Å². The summed E-state index contributed by atoms with van der Waals surface area (Å²) in [5, 5.41) is 0. The summed E-state index contributed by atoms with van der Waals surface area (Å²) in [6.07, 6.45) is 2.32. The Hall–Kier alpha value is -1.06. The number of hydrogen-bond acceptors (Lipinski definition) is 2. The van der Waals surface area contributed by atoms with Crippen LogP contribution in [-0.4, -0.2) is 12.6 Å². The summed E-state index contributed by atoms with van der Waals surface area (Å²) in [7, 11) is 0. The van der Waals surface area contributed by atoms with E-state index in [-0.39, 0.29) is 29.2 Å². The summed E-state index contributed by atoms with van der Waals surface area (Å²) in [6, 6.07) is 7.21. The third-order valence-corrected chi connectivity index (χ3v) is 5.63. The fraction of sp³-hybridized carbons (Fsp3) is 0.588. The monoisotopic (exact) mass is 311 g/mol. The lowest BCUT2D eigenvalue weighted by Crippen LogP contribution is -3.00. The van der Waals surface area contributed by atoms with E-state index in [2.05, 4.69) is 33.4 Å². The van der Waals surface area contributed by atoms with Crippen molar-refractivity contribution in [2.75, 3.05) is 6.61 Å². The Balaban J connectivity index is 0.00000220. The lowest BCUT2D eigenvalue weighted by molar-refractivity contribution is -0.254. The number of carbonyl (C=O) groups excluding carboxylic acids is 1. The van der Waals surface area contributed by atoms with Crippen molar-refractivity contribution in [1.29, 1.82) is 0 Å². The Morgan fingerprint density at radius 1 is 1.29 bits per heavy atom. The summed E-state index contributed by atoms with van der Waals surface area (Å²) in [6.45, 7) is 9.60. The van der Waals surface area contributed by atoms with E-state index in [4.69, 9.17) is 4.74 Å². The first-order valence-electron chi connectivity index (χ1n) is 7.35. The van der Waals surface area contributed by atoms with Crippen LogP contribution < -0.4 is 18.1 Å². The molecule has 0 aromatic heterocycles. The molecule has 1 aliphatic carbocycles. The maximum absolute atomic E-state index is 12.1. The van der Waals surface area contributed by atoms with Crippen molar-refractivity contribution in [3.05, 3.63) is 29.8 Å². The molecule has 2 atom stereocenters. The first-order chi connectivity index (χ1) is 9.26. The minimum Gasteiger partial charge on any atom is -1.00 e. The second-order valence-electron chi connectivity index (χ2n) is 7.00. The summed E-state index contributed by atoms with van der Waals surface area (Å²) < 4.78 is 5.58. The van der Waals surface area contributed by atoms with E-state index in [0.717, 1.165) is 12.1 Å². The van der Waals surface area contributed by atoms with Crippen molar-refractivity contribution < 1.29 is 27.7 Å². The number of esters is 1. The average molecular weight is 312 g/mol. The van der Waals surface area contributed by atoms with Gasteiger partial charge in [0.2, 0.25) is 0 Å². The van der Waals surface area contributed by atoms with Gasteiger partial charge in [0, 0.05) is 5.41 Å². The zero-order chi connectivity index (χ0) is 15.0.